The van der Waals surface area contributed by atoms with Gasteiger partial charge < -0.3 is 20.2 Å². The molecular weight excluding hydrogens is 322 g/mol. The van der Waals surface area contributed by atoms with E-state index in [1.807, 2.05) is 6.20 Å². The van der Waals surface area contributed by atoms with E-state index in [1.165, 1.54) is 0 Å². The summed E-state index contributed by atoms with van der Waals surface area (Å²) in [5.74, 6) is -0.0862. The number of hydrogen-bond donors (Lipinski definition) is 3. The third-order valence-corrected chi connectivity index (χ3v) is 5.51. The number of unbranched alkanes of at least 4 members (excludes halogenated alkanes) is 1. The summed E-state index contributed by atoms with van der Waals surface area (Å²) in [6.07, 6.45) is 7.59. The Morgan fingerprint density at radius 2 is 2.24 bits per heavy atom. The van der Waals surface area contributed by atoms with E-state index in [2.05, 4.69) is 32.9 Å². The first-order valence-corrected chi connectivity index (χ1v) is 9.48. The molecule has 0 bridgehead atoms. The van der Waals surface area contributed by atoms with Gasteiger partial charge in [0.2, 0.25) is 0 Å². The van der Waals surface area contributed by atoms with Crippen LogP contribution in [0.3, 0.4) is 0 Å². The molecule has 8 nitrogen and oxygen atoms in total. The van der Waals surface area contributed by atoms with E-state index in [9.17, 15) is 4.79 Å². The number of rotatable bonds is 8. The molecule has 3 aliphatic heterocycles. The van der Waals surface area contributed by atoms with Crippen molar-refractivity contribution in [2.75, 3.05) is 32.8 Å². The molecule has 1 spiro atoms. The average Bonchev–Trinajstić information content (AvgIpc) is 3.37. The maximum absolute atomic E-state index is 11.6. The molecule has 0 amide bonds. The van der Waals surface area contributed by atoms with E-state index in [4.69, 9.17) is 9.47 Å². The van der Waals surface area contributed by atoms with Gasteiger partial charge in [-0.3, -0.25) is 15.0 Å². The average molecular weight is 351 g/mol. The van der Waals surface area contributed by atoms with Gasteiger partial charge in [-0.1, -0.05) is 13.3 Å². The molecule has 0 radical (unpaired) electrons. The van der Waals surface area contributed by atoms with Gasteiger partial charge in [0.15, 0.2) is 6.35 Å². The number of cyclic esters (lactones) is 1. The minimum atomic E-state index is -0.128. The summed E-state index contributed by atoms with van der Waals surface area (Å²) in [5.41, 5.74) is 4.66. The highest BCUT2D eigenvalue weighted by Gasteiger charge is 2.52. The quantitative estimate of drug-likeness (QED) is 0.418. The standard InChI is InChI=1S/C17H29N5O3/c1-2-3-9-24-16-18-10-13-15(19-16)22(20-13)8-4-7-21-11-14(23)25-12-17(21)5-6-17/h10,15-16,18-20H,2-9,11-12H2,1H3. The number of fused-ring (bicyclic) bond motifs is 1. The number of carbonyl (C=O) groups excluding carboxylic acids is 1. The van der Waals surface area contributed by atoms with Gasteiger partial charge in [0.25, 0.3) is 0 Å². The summed E-state index contributed by atoms with van der Waals surface area (Å²) in [7, 11) is 0. The molecule has 2 saturated heterocycles. The highest BCUT2D eigenvalue weighted by atomic mass is 16.5. The minimum absolute atomic E-state index is 0.0862. The van der Waals surface area contributed by atoms with Crippen LogP contribution in [0.5, 0.6) is 0 Å². The fraction of sp³-hybridized carbons (Fsp3) is 0.824. The summed E-state index contributed by atoms with van der Waals surface area (Å²) < 4.78 is 11.0. The molecule has 1 aliphatic carbocycles. The number of nitrogens with one attached hydrogen (secondary N) is 3. The zero-order chi connectivity index (χ0) is 17.3. The molecule has 0 aromatic rings. The van der Waals surface area contributed by atoms with Crippen molar-refractivity contribution in [1.82, 2.24) is 26.0 Å². The first-order valence-electron chi connectivity index (χ1n) is 9.48. The van der Waals surface area contributed by atoms with Crippen molar-refractivity contribution in [3.05, 3.63) is 11.9 Å². The lowest BCUT2D eigenvalue weighted by Gasteiger charge is -2.49. The van der Waals surface area contributed by atoms with Crippen LogP contribution < -0.4 is 16.1 Å². The molecule has 3 heterocycles. The van der Waals surface area contributed by atoms with Crippen LogP contribution >= 0.6 is 0 Å². The van der Waals surface area contributed by atoms with E-state index >= 15 is 0 Å². The lowest BCUT2D eigenvalue weighted by molar-refractivity contribution is -0.156. The predicted molar refractivity (Wildman–Crippen MR) is 91.7 cm³/mol. The topological polar surface area (TPSA) is 78.1 Å². The largest absolute Gasteiger partial charge is 0.463 e. The van der Waals surface area contributed by atoms with Gasteiger partial charge in [0.05, 0.1) is 24.4 Å². The van der Waals surface area contributed by atoms with Crippen LogP contribution in [0.15, 0.2) is 11.9 Å². The maximum atomic E-state index is 11.6. The zero-order valence-corrected chi connectivity index (χ0v) is 14.9. The Bertz CT molecular complexity index is 536. The highest BCUT2D eigenvalue weighted by molar-refractivity contribution is 5.73. The molecule has 0 aromatic carbocycles. The Labute approximate surface area is 148 Å². The van der Waals surface area contributed by atoms with Gasteiger partial charge in [-0.15, -0.1) is 0 Å². The van der Waals surface area contributed by atoms with Crippen LogP contribution in [0.1, 0.15) is 39.0 Å². The second-order valence-corrected chi connectivity index (χ2v) is 7.41. The number of hydrazine groups is 1. The van der Waals surface area contributed by atoms with Crippen LogP contribution in [0.25, 0.3) is 0 Å². The second-order valence-electron chi connectivity index (χ2n) is 7.41. The Balaban J connectivity index is 1.20. The van der Waals surface area contributed by atoms with Gasteiger partial charge in [0, 0.05) is 19.3 Å². The van der Waals surface area contributed by atoms with Crippen molar-refractivity contribution in [2.24, 2.45) is 0 Å². The summed E-state index contributed by atoms with van der Waals surface area (Å²) in [6.45, 7) is 5.81. The third-order valence-electron chi connectivity index (χ3n) is 5.51. The first kappa shape index (κ1) is 17.1. The second kappa shape index (κ2) is 7.11. The van der Waals surface area contributed by atoms with Crippen molar-refractivity contribution < 1.29 is 14.3 Å². The molecule has 8 heteroatoms. The molecule has 3 fully saturated rings. The zero-order valence-electron chi connectivity index (χ0n) is 14.9. The molecule has 0 aromatic heterocycles. The van der Waals surface area contributed by atoms with Gasteiger partial charge >= 0.3 is 5.97 Å². The van der Waals surface area contributed by atoms with Crippen molar-refractivity contribution >= 4 is 5.97 Å². The van der Waals surface area contributed by atoms with Crippen molar-refractivity contribution in [1.29, 1.82) is 0 Å². The van der Waals surface area contributed by atoms with Gasteiger partial charge in [0.1, 0.15) is 12.8 Å². The van der Waals surface area contributed by atoms with Crippen molar-refractivity contribution in [3.63, 3.8) is 0 Å². The number of esters is 1. The Morgan fingerprint density at radius 3 is 3.04 bits per heavy atom. The van der Waals surface area contributed by atoms with Gasteiger partial charge in [-0.25, -0.2) is 5.01 Å². The molecule has 1 saturated carbocycles. The van der Waals surface area contributed by atoms with Gasteiger partial charge in [-0.05, 0) is 25.7 Å². The lowest BCUT2D eigenvalue weighted by Crippen LogP contribution is -2.71. The summed E-state index contributed by atoms with van der Waals surface area (Å²) in [5, 5.41) is 8.88. The SMILES string of the molecule is CCCCOC1NC=C2NN(CCCN3CC(=O)OCC34CC4)C2N1. The summed E-state index contributed by atoms with van der Waals surface area (Å²) >= 11 is 0. The molecule has 2 unspecified atom stereocenters. The van der Waals surface area contributed by atoms with E-state index in [0.29, 0.717) is 13.2 Å². The number of morpholine rings is 1. The number of hydrogen-bond acceptors (Lipinski definition) is 8. The highest BCUT2D eigenvalue weighted by Crippen LogP contribution is 2.43. The molecule has 140 valence electrons. The minimum Gasteiger partial charge on any atom is -0.463 e. The molecule has 3 N–H and O–H groups in total. The number of ether oxygens (including phenoxy) is 2. The van der Waals surface area contributed by atoms with Crippen LogP contribution in [0.2, 0.25) is 0 Å². The Morgan fingerprint density at radius 1 is 1.36 bits per heavy atom. The van der Waals surface area contributed by atoms with Crippen LogP contribution in [0.4, 0.5) is 0 Å². The molecule has 4 rings (SSSR count). The Kier molecular flexibility index (Phi) is 4.86. The molecule has 25 heavy (non-hydrogen) atoms. The fourth-order valence-electron chi connectivity index (χ4n) is 3.70. The van der Waals surface area contributed by atoms with Crippen LogP contribution in [-0.4, -0.2) is 66.8 Å². The normalized spacial score (nSPS) is 30.6. The van der Waals surface area contributed by atoms with Gasteiger partial charge in [-0.2, -0.15) is 0 Å². The Hall–Kier alpha value is -1.35. The summed E-state index contributed by atoms with van der Waals surface area (Å²) in [6, 6.07) is 0. The third kappa shape index (κ3) is 3.62. The molecule has 2 atom stereocenters. The molecular formula is C17H29N5O3. The number of nitrogens with zero attached hydrogens (tertiary/aromatic N) is 2. The first-order chi connectivity index (χ1) is 12.2. The van der Waals surface area contributed by atoms with Crippen LogP contribution in [-0.2, 0) is 14.3 Å². The number of carbonyl (C=O) groups is 1. The smallest absolute Gasteiger partial charge is 0.320 e. The van der Waals surface area contributed by atoms with E-state index in [1.54, 1.807) is 0 Å². The lowest BCUT2D eigenvalue weighted by atomic mass is 10.1. The van der Waals surface area contributed by atoms with Crippen LogP contribution in [0, 0.1) is 0 Å². The van der Waals surface area contributed by atoms with E-state index < -0.39 is 0 Å². The fourth-order valence-corrected chi connectivity index (χ4v) is 3.70. The maximum Gasteiger partial charge on any atom is 0.320 e. The van der Waals surface area contributed by atoms with E-state index in [0.717, 1.165) is 57.5 Å². The monoisotopic (exact) mass is 351 g/mol. The predicted octanol–water partition coefficient (Wildman–Crippen LogP) is 0.0487. The van der Waals surface area contributed by atoms with Crippen molar-refractivity contribution in [2.45, 2.75) is 57.1 Å². The van der Waals surface area contributed by atoms with Crippen molar-refractivity contribution in [3.8, 4) is 0 Å². The molecule has 4 aliphatic rings. The van der Waals surface area contributed by atoms with E-state index in [-0.39, 0.29) is 24.0 Å². The summed E-state index contributed by atoms with van der Waals surface area (Å²) in [4.78, 5) is 13.9.